The Balaban J connectivity index is 0.823. The lowest BCUT2D eigenvalue weighted by Gasteiger charge is -2.34. The highest BCUT2D eigenvalue weighted by molar-refractivity contribution is 7.99. The SMILES string of the molecule is Cc1nc2c(F)cc(-c3nc(Nc4ccc(CN5CCN(CCSc6cccc7c6CN(C6CCC(=O)NC6=O)C7=O)CC5)cn4)ncc3F)cc2n1C(C)C. The van der Waals surface area contributed by atoms with Gasteiger partial charge in [0.15, 0.2) is 11.6 Å². The Hall–Kier alpha value is -5.32. The Kier molecular flexibility index (Phi) is 10.5. The number of imide groups is 1. The molecule has 2 aromatic carbocycles. The maximum atomic E-state index is 15.1. The molecule has 5 aromatic rings. The molecule has 8 rings (SSSR count). The van der Waals surface area contributed by atoms with Crippen LogP contribution >= 0.6 is 11.8 Å². The molecule has 0 saturated carbocycles. The van der Waals surface area contributed by atoms with Crippen molar-refractivity contribution in [1.29, 1.82) is 0 Å². The minimum absolute atomic E-state index is 0.0229. The first-order chi connectivity index (χ1) is 27.0. The van der Waals surface area contributed by atoms with Crippen molar-refractivity contribution in [2.24, 2.45) is 0 Å². The number of benzene rings is 2. The van der Waals surface area contributed by atoms with Crippen LogP contribution in [0, 0.1) is 18.6 Å². The van der Waals surface area contributed by atoms with E-state index in [1.807, 2.05) is 55.7 Å². The minimum atomic E-state index is -0.666. The van der Waals surface area contributed by atoms with E-state index in [0.717, 1.165) is 67.2 Å². The van der Waals surface area contributed by atoms with Crippen LogP contribution in [0.15, 0.2) is 59.8 Å². The summed E-state index contributed by atoms with van der Waals surface area (Å²) in [5.41, 5.74) is 3.73. The van der Waals surface area contributed by atoms with E-state index in [-0.39, 0.29) is 41.4 Å². The third-order valence-corrected chi connectivity index (χ3v) is 11.7. The van der Waals surface area contributed by atoms with E-state index in [4.69, 9.17) is 0 Å². The van der Waals surface area contributed by atoms with E-state index < -0.39 is 23.6 Å². The topological polar surface area (TPSA) is 141 Å². The highest BCUT2D eigenvalue weighted by atomic mass is 32.2. The third kappa shape index (κ3) is 7.60. The van der Waals surface area contributed by atoms with Crippen LogP contribution < -0.4 is 10.6 Å². The van der Waals surface area contributed by atoms with Crippen LogP contribution in [0.1, 0.15) is 60.0 Å². The van der Waals surface area contributed by atoms with Gasteiger partial charge >= 0.3 is 0 Å². The fourth-order valence-corrected chi connectivity index (χ4v) is 8.89. The van der Waals surface area contributed by atoms with Crippen LogP contribution in [-0.2, 0) is 22.7 Å². The van der Waals surface area contributed by atoms with Crippen molar-refractivity contribution in [3.63, 3.8) is 0 Å². The smallest absolute Gasteiger partial charge is 0.255 e. The number of piperazine rings is 1. The molecule has 0 aliphatic carbocycles. The number of pyridine rings is 1. The molecule has 1 unspecified atom stereocenters. The highest BCUT2D eigenvalue weighted by Crippen LogP contribution is 2.35. The number of nitrogens with zero attached hydrogens (tertiary/aromatic N) is 8. The van der Waals surface area contributed by atoms with Crippen molar-refractivity contribution in [3.05, 3.63) is 89.0 Å². The van der Waals surface area contributed by atoms with Crippen LogP contribution in [0.2, 0.25) is 0 Å². The number of hydrogen-bond acceptors (Lipinski definition) is 11. The maximum absolute atomic E-state index is 15.1. The zero-order chi connectivity index (χ0) is 39.1. The summed E-state index contributed by atoms with van der Waals surface area (Å²) in [4.78, 5) is 62.2. The predicted octanol–water partition coefficient (Wildman–Crippen LogP) is 5.47. The molecule has 56 heavy (non-hydrogen) atoms. The van der Waals surface area contributed by atoms with Crippen LogP contribution in [0.3, 0.4) is 0 Å². The molecule has 3 aliphatic heterocycles. The molecule has 3 aliphatic rings. The molecule has 16 heteroatoms. The van der Waals surface area contributed by atoms with Crippen molar-refractivity contribution in [2.75, 3.05) is 43.8 Å². The van der Waals surface area contributed by atoms with E-state index in [1.165, 1.54) is 6.07 Å². The summed E-state index contributed by atoms with van der Waals surface area (Å²) in [6, 6.07) is 12.0. The lowest BCUT2D eigenvalue weighted by atomic mass is 10.0. The number of fused-ring (bicyclic) bond motifs is 2. The molecule has 3 amide bonds. The van der Waals surface area contributed by atoms with Crippen molar-refractivity contribution < 1.29 is 23.2 Å². The minimum Gasteiger partial charge on any atom is -0.326 e. The summed E-state index contributed by atoms with van der Waals surface area (Å²) in [6.45, 7) is 11.5. The summed E-state index contributed by atoms with van der Waals surface area (Å²) in [5.74, 6) is 0.138. The number of aryl methyl sites for hydroxylation is 1. The fourth-order valence-electron chi connectivity index (χ4n) is 7.80. The van der Waals surface area contributed by atoms with Crippen molar-refractivity contribution >= 4 is 52.3 Å². The normalized spacial score (nSPS) is 17.9. The van der Waals surface area contributed by atoms with Gasteiger partial charge in [0.2, 0.25) is 17.8 Å². The Labute approximate surface area is 326 Å². The second kappa shape index (κ2) is 15.7. The summed E-state index contributed by atoms with van der Waals surface area (Å²) in [7, 11) is 0. The van der Waals surface area contributed by atoms with Crippen molar-refractivity contribution in [3.8, 4) is 11.3 Å². The zero-order valence-corrected chi connectivity index (χ0v) is 32.2. The molecule has 0 bridgehead atoms. The lowest BCUT2D eigenvalue weighted by Crippen LogP contribution is -2.52. The number of anilines is 2. The Morgan fingerprint density at radius 3 is 2.52 bits per heavy atom. The van der Waals surface area contributed by atoms with E-state index >= 15 is 8.78 Å². The lowest BCUT2D eigenvalue weighted by molar-refractivity contribution is -0.136. The molecule has 290 valence electrons. The zero-order valence-electron chi connectivity index (χ0n) is 31.4. The van der Waals surface area contributed by atoms with Gasteiger partial charge in [0.05, 0.1) is 11.7 Å². The van der Waals surface area contributed by atoms with Crippen LogP contribution in [-0.4, -0.2) is 101 Å². The quantitative estimate of drug-likeness (QED) is 0.130. The highest BCUT2D eigenvalue weighted by Gasteiger charge is 2.40. The average Bonchev–Trinajstić information content (AvgIpc) is 3.70. The van der Waals surface area contributed by atoms with E-state index in [0.29, 0.717) is 41.3 Å². The Bertz CT molecular complexity index is 2330. The number of nitrogens with one attached hydrogen (secondary N) is 2. The number of halogens is 2. The number of rotatable bonds is 11. The van der Waals surface area contributed by atoms with Crippen molar-refractivity contribution in [2.45, 2.75) is 63.7 Å². The summed E-state index contributed by atoms with van der Waals surface area (Å²) >= 11 is 1.73. The molecule has 6 heterocycles. The first kappa shape index (κ1) is 37.6. The van der Waals surface area contributed by atoms with Gasteiger partial charge in [-0.2, -0.15) is 0 Å². The monoisotopic (exact) mass is 780 g/mol. The Morgan fingerprint density at radius 1 is 0.964 bits per heavy atom. The van der Waals surface area contributed by atoms with E-state index in [1.54, 1.807) is 28.9 Å². The van der Waals surface area contributed by atoms with Gasteiger partial charge in [-0.05, 0) is 68.7 Å². The first-order valence-electron chi connectivity index (χ1n) is 18.8. The van der Waals surface area contributed by atoms with E-state index in [2.05, 4.69) is 40.4 Å². The standard InChI is InChI=1S/C40H42F2N10O3S/c1-23(2)52-24(3)45-37-29(41)17-26(18-32(37)52)36-30(42)20-44-40(48-36)46-34-9-7-25(19-43-34)21-50-13-11-49(12-14-50)15-16-56-33-6-4-5-27-28(33)22-51(39(27)55)31-8-10-35(53)47-38(31)54/h4-7,9,17-20,23,31H,8,10-16,21-22H2,1-3H3,(H,47,53,54)(H,43,44,46,48). The van der Waals surface area contributed by atoms with Gasteiger partial charge in [-0.3, -0.25) is 29.5 Å². The van der Waals surface area contributed by atoms with E-state index in [9.17, 15) is 14.4 Å². The average molecular weight is 781 g/mol. The second-order valence-corrected chi connectivity index (χ2v) is 15.8. The second-order valence-electron chi connectivity index (χ2n) is 14.7. The number of thioether (sulfide) groups is 1. The molecule has 13 nitrogen and oxygen atoms in total. The summed E-state index contributed by atoms with van der Waals surface area (Å²) < 4.78 is 32.0. The van der Waals surface area contributed by atoms with Gasteiger partial charge in [-0.25, -0.2) is 28.7 Å². The molecule has 0 spiro atoms. The van der Waals surface area contributed by atoms with Gasteiger partial charge < -0.3 is 14.8 Å². The number of carbonyl (C=O) groups is 3. The van der Waals surface area contributed by atoms with Crippen LogP contribution in [0.25, 0.3) is 22.3 Å². The van der Waals surface area contributed by atoms with Gasteiger partial charge in [0.25, 0.3) is 5.91 Å². The first-order valence-corrected chi connectivity index (χ1v) is 19.8. The molecule has 1 atom stereocenters. The number of carbonyl (C=O) groups excluding carboxylic acids is 3. The van der Waals surface area contributed by atoms with Gasteiger partial charge in [-0.1, -0.05) is 12.1 Å². The summed E-state index contributed by atoms with van der Waals surface area (Å²) in [6.07, 6.45) is 3.46. The number of aromatic nitrogens is 5. The third-order valence-electron chi connectivity index (χ3n) is 10.6. The molecule has 3 aromatic heterocycles. The van der Waals surface area contributed by atoms with Crippen molar-refractivity contribution in [1.82, 2.24) is 44.5 Å². The van der Waals surface area contributed by atoms with Crippen LogP contribution in [0.4, 0.5) is 20.5 Å². The molecule has 0 radical (unpaired) electrons. The molecule has 2 fully saturated rings. The molecule has 2 N–H and O–H groups in total. The largest absolute Gasteiger partial charge is 0.326 e. The van der Waals surface area contributed by atoms with Gasteiger partial charge in [0, 0.05) is 86.2 Å². The fraction of sp³-hybridized carbons (Fsp3) is 0.375. The van der Waals surface area contributed by atoms with Gasteiger partial charge in [-0.15, -0.1) is 11.8 Å². The van der Waals surface area contributed by atoms with Gasteiger partial charge in [0.1, 0.15) is 28.9 Å². The summed E-state index contributed by atoms with van der Waals surface area (Å²) in [5, 5.41) is 5.42. The van der Waals surface area contributed by atoms with Crippen LogP contribution in [0.5, 0.6) is 0 Å². The maximum Gasteiger partial charge on any atom is 0.255 e. The molecule has 2 saturated heterocycles. The number of hydrogen-bond donors (Lipinski definition) is 2. The number of imidazole rings is 1. The Morgan fingerprint density at radius 2 is 1.77 bits per heavy atom. The molecular weight excluding hydrogens is 739 g/mol. The number of piperidine rings is 1. The number of amides is 3. The predicted molar refractivity (Wildman–Crippen MR) is 208 cm³/mol. The molecular formula is C40H42F2N10O3S.